The second-order valence-corrected chi connectivity index (χ2v) is 1.78. The summed E-state index contributed by atoms with van der Waals surface area (Å²) in [6.45, 7) is 0. The number of halogens is 3. The van der Waals surface area contributed by atoms with Gasteiger partial charge in [-0.3, -0.25) is 0 Å². The first-order valence-electron chi connectivity index (χ1n) is 2.80. The van der Waals surface area contributed by atoms with Gasteiger partial charge in [-0.1, -0.05) is 12.1 Å². The van der Waals surface area contributed by atoms with Gasteiger partial charge >= 0.3 is 16.5 Å². The fraction of sp³-hybridized carbons (Fsp3) is 0.143. The molecular weight excluding hydrogens is 166 g/mol. The quantitative estimate of drug-likeness (QED) is 0.583. The summed E-state index contributed by atoms with van der Waals surface area (Å²) in [6.07, 6.45) is -4.61. The molecule has 0 aliphatic rings. The van der Waals surface area contributed by atoms with Crippen molar-refractivity contribution in [2.75, 3.05) is 0 Å². The molecule has 0 saturated heterocycles. The van der Waals surface area contributed by atoms with Crippen molar-refractivity contribution in [3.05, 3.63) is 30.3 Å². The fourth-order valence-corrected chi connectivity index (χ4v) is 0.573. The molecule has 0 bridgehead atoms. The summed E-state index contributed by atoms with van der Waals surface area (Å²) < 4.78 is 38.1. The molecule has 63 valence electrons. The molecule has 1 aromatic rings. The first kappa shape index (κ1) is 11.0. The molecule has 5 heteroatoms. The summed E-state index contributed by atoms with van der Waals surface area (Å²) in [5, 5.41) is 0. The van der Waals surface area contributed by atoms with Gasteiger partial charge in [-0.05, 0) is 18.2 Å². The number of rotatable bonds is 1. The summed E-state index contributed by atoms with van der Waals surface area (Å²) >= 11 is 0. The van der Waals surface area contributed by atoms with Crippen molar-refractivity contribution in [2.45, 2.75) is 6.36 Å². The molecule has 0 fully saturated rings. The first-order valence-corrected chi connectivity index (χ1v) is 2.80. The molecule has 0 saturated carbocycles. The van der Waals surface area contributed by atoms with Gasteiger partial charge in [-0.25, -0.2) is 0 Å². The van der Waals surface area contributed by atoms with Crippen LogP contribution in [0.3, 0.4) is 0 Å². The van der Waals surface area contributed by atoms with Crippen LogP contribution in [0.25, 0.3) is 0 Å². The number of hydrogen-bond donors (Lipinski definition) is 0. The van der Waals surface area contributed by atoms with Gasteiger partial charge in [0, 0.05) is 0 Å². The molecule has 0 atom stereocenters. The third-order valence-corrected chi connectivity index (χ3v) is 0.921. The molecule has 0 unspecified atom stereocenters. The van der Waals surface area contributed by atoms with Crippen LogP contribution in [0.15, 0.2) is 24.3 Å². The van der Waals surface area contributed by atoms with E-state index in [0.717, 1.165) is 0 Å². The zero-order valence-electron chi connectivity index (χ0n) is 5.35. The van der Waals surface area contributed by atoms with E-state index in [2.05, 4.69) is 10.8 Å². The third kappa shape index (κ3) is 3.98. The van der Waals surface area contributed by atoms with Gasteiger partial charge in [0.05, 0.1) is 0 Å². The molecule has 0 amide bonds. The van der Waals surface area contributed by atoms with E-state index in [1.807, 2.05) is 0 Å². The van der Waals surface area contributed by atoms with Crippen LogP contribution in [0.2, 0.25) is 0 Å². The van der Waals surface area contributed by atoms with E-state index in [1.165, 1.54) is 24.3 Å². The van der Waals surface area contributed by atoms with Gasteiger partial charge in [0.25, 0.3) is 0 Å². The van der Waals surface area contributed by atoms with E-state index in [1.54, 1.807) is 0 Å². The van der Waals surface area contributed by atoms with Crippen molar-refractivity contribution >= 4 is 10.1 Å². The maximum absolute atomic E-state index is 11.5. The molecule has 0 spiro atoms. The second kappa shape index (κ2) is 4.12. The summed E-state index contributed by atoms with van der Waals surface area (Å²) in [5.74, 6) is -0.226. The van der Waals surface area contributed by atoms with Crippen molar-refractivity contribution in [3.63, 3.8) is 0 Å². The van der Waals surface area contributed by atoms with Crippen LogP contribution in [0, 0.1) is 6.07 Å². The van der Waals surface area contributed by atoms with Crippen LogP contribution >= 0.6 is 0 Å². The van der Waals surface area contributed by atoms with E-state index in [0.29, 0.717) is 0 Å². The third-order valence-electron chi connectivity index (χ3n) is 0.921. The predicted octanol–water partition coefficient (Wildman–Crippen LogP) is 1.47. The van der Waals surface area contributed by atoms with Crippen LogP contribution in [0.4, 0.5) is 13.2 Å². The van der Waals surface area contributed by atoms with E-state index in [9.17, 15) is 13.2 Å². The molecular formula is C7H6BeF3O. The zero-order chi connectivity index (χ0) is 8.32. The van der Waals surface area contributed by atoms with Crippen molar-refractivity contribution in [3.8, 4) is 5.75 Å². The van der Waals surface area contributed by atoms with Gasteiger partial charge in [0.2, 0.25) is 0 Å². The number of hydrogen-bond acceptors (Lipinski definition) is 1. The van der Waals surface area contributed by atoms with Crippen LogP contribution in [-0.2, 0) is 0 Å². The van der Waals surface area contributed by atoms with Crippen molar-refractivity contribution in [2.24, 2.45) is 0 Å². The standard InChI is InChI=1S/C7H4F3O.Be.2H/c8-7(9,10)11-6-4-2-1-3-5-6;;;/h2-5H;;;. The molecule has 1 aromatic carbocycles. The van der Waals surface area contributed by atoms with E-state index in [-0.39, 0.29) is 15.9 Å². The molecule has 1 nitrogen and oxygen atoms in total. The van der Waals surface area contributed by atoms with E-state index < -0.39 is 6.36 Å². The van der Waals surface area contributed by atoms with Gasteiger partial charge in [0.15, 0.2) is 0 Å². The molecule has 0 N–H and O–H groups in total. The van der Waals surface area contributed by atoms with Crippen molar-refractivity contribution < 1.29 is 17.9 Å². The Hall–Kier alpha value is -1.02. The van der Waals surface area contributed by atoms with Crippen LogP contribution in [0.5, 0.6) is 5.75 Å². The van der Waals surface area contributed by atoms with Gasteiger partial charge in [-0.2, -0.15) is 0 Å². The maximum atomic E-state index is 11.5. The van der Waals surface area contributed by atoms with Crippen LogP contribution < -0.4 is 4.74 Å². The Morgan fingerprint density at radius 3 is 2.08 bits per heavy atom. The molecule has 0 aliphatic carbocycles. The molecule has 1 rings (SSSR count). The molecule has 0 heterocycles. The number of benzene rings is 1. The van der Waals surface area contributed by atoms with Crippen molar-refractivity contribution in [1.82, 2.24) is 0 Å². The fourth-order valence-electron chi connectivity index (χ4n) is 0.573. The van der Waals surface area contributed by atoms with Crippen LogP contribution in [0.1, 0.15) is 0 Å². The summed E-state index contributed by atoms with van der Waals surface area (Å²) in [6, 6.07) is 7.64. The van der Waals surface area contributed by atoms with E-state index >= 15 is 0 Å². The summed E-state index contributed by atoms with van der Waals surface area (Å²) in [5.41, 5.74) is 0. The summed E-state index contributed by atoms with van der Waals surface area (Å²) in [7, 11) is 0. The Labute approximate surface area is 71.4 Å². The zero-order valence-corrected chi connectivity index (χ0v) is 5.35. The average Bonchev–Trinajstić information content (AvgIpc) is 1.85. The minimum absolute atomic E-state index is 0. The van der Waals surface area contributed by atoms with Gasteiger partial charge < -0.3 is 4.74 Å². The SMILES string of the molecule is FC(F)(F)Oc1cc[c]cc1.[BeH2]. The summed E-state index contributed by atoms with van der Waals surface area (Å²) in [4.78, 5) is 0. The second-order valence-electron chi connectivity index (χ2n) is 1.78. The van der Waals surface area contributed by atoms with Gasteiger partial charge in [0.1, 0.15) is 5.75 Å². The van der Waals surface area contributed by atoms with Crippen molar-refractivity contribution in [1.29, 1.82) is 0 Å². The topological polar surface area (TPSA) is 9.23 Å². The normalized spacial score (nSPS) is 10.2. The Bertz CT molecular complexity index is 222. The monoisotopic (exact) mass is 172 g/mol. The predicted molar refractivity (Wildman–Crippen MR) is 40.5 cm³/mol. The Morgan fingerprint density at radius 2 is 1.67 bits per heavy atom. The molecule has 0 aliphatic heterocycles. The Morgan fingerprint density at radius 1 is 1.17 bits per heavy atom. The Kier molecular flexibility index (Phi) is 3.77. The average molecular weight is 172 g/mol. The Balaban J connectivity index is 0.00000121. The van der Waals surface area contributed by atoms with Gasteiger partial charge in [-0.15, -0.1) is 13.2 Å². The molecule has 0 aromatic heterocycles. The number of alkyl halides is 3. The molecule has 1 radical (unpaired) electrons. The van der Waals surface area contributed by atoms with E-state index in [4.69, 9.17) is 0 Å². The minimum atomic E-state index is -4.61. The first-order chi connectivity index (χ1) is 5.08. The molecule has 12 heavy (non-hydrogen) atoms. The number of ether oxygens (including phenoxy) is 1. The van der Waals surface area contributed by atoms with Crippen LogP contribution in [-0.4, -0.2) is 16.5 Å².